The molecule has 1 heterocycles. The zero-order valence-corrected chi connectivity index (χ0v) is 8.99. The van der Waals surface area contributed by atoms with E-state index in [1.165, 1.54) is 6.20 Å². The van der Waals surface area contributed by atoms with Gasteiger partial charge in [-0.05, 0) is 24.8 Å². The van der Waals surface area contributed by atoms with Crippen LogP contribution in [0.4, 0.5) is 0 Å². The Bertz CT molecular complexity index is 602. The van der Waals surface area contributed by atoms with E-state index in [4.69, 9.17) is 4.55 Å². The molecule has 0 fully saturated rings. The molecule has 2 rings (SSSR count). The van der Waals surface area contributed by atoms with Crippen LogP contribution in [-0.2, 0) is 10.1 Å². The molecule has 86 valence electrons. The van der Waals surface area contributed by atoms with Gasteiger partial charge < -0.3 is 0 Å². The summed E-state index contributed by atoms with van der Waals surface area (Å²) in [5.74, 6) is 0. The summed E-state index contributed by atoms with van der Waals surface area (Å²) in [7, 11) is -4.24. The molecule has 0 saturated carbocycles. The van der Waals surface area contributed by atoms with Crippen LogP contribution in [0, 0.1) is 0 Å². The Morgan fingerprint density at radius 2 is 2.12 bits per heavy atom. The minimum Gasteiger partial charge on any atom is -0.282 e. The minimum absolute atomic E-state index is 0.0917. The number of H-pyrrole nitrogens is 1. The van der Waals surface area contributed by atoms with Gasteiger partial charge in [-0.3, -0.25) is 9.35 Å². The first-order chi connectivity index (χ1) is 7.50. The summed E-state index contributed by atoms with van der Waals surface area (Å²) in [4.78, 5) is 11.3. The molecule has 0 radical (unpaired) electrons. The zero-order valence-electron chi connectivity index (χ0n) is 8.17. The Morgan fingerprint density at radius 3 is 2.75 bits per heavy atom. The Balaban J connectivity index is 2.65. The third kappa shape index (κ3) is 1.89. The third-order valence-electron chi connectivity index (χ3n) is 2.44. The van der Waals surface area contributed by atoms with Gasteiger partial charge >= 0.3 is 0 Å². The monoisotopic (exact) mass is 243 g/mol. The molecule has 1 aromatic rings. The molecular formula is C8H9N3O4S. The number of nitrogens with zero attached hydrogens (tertiary/aromatic N) is 2. The Labute approximate surface area is 90.9 Å². The molecule has 8 heteroatoms. The van der Waals surface area contributed by atoms with Crippen LogP contribution in [0.5, 0.6) is 0 Å². The van der Waals surface area contributed by atoms with Gasteiger partial charge in [-0.2, -0.15) is 8.42 Å². The molecule has 0 spiro atoms. The summed E-state index contributed by atoms with van der Waals surface area (Å²) < 4.78 is 31.2. The lowest BCUT2D eigenvalue weighted by Gasteiger charge is -2.02. The molecule has 1 aliphatic carbocycles. The molecule has 0 aliphatic heterocycles. The Hall–Kier alpha value is -1.54. The van der Waals surface area contributed by atoms with E-state index in [1.54, 1.807) is 0 Å². The van der Waals surface area contributed by atoms with Gasteiger partial charge in [0.25, 0.3) is 15.7 Å². The van der Waals surface area contributed by atoms with E-state index < -0.39 is 15.7 Å². The number of allylic oxidation sites excluding steroid dienone is 2. The summed E-state index contributed by atoms with van der Waals surface area (Å²) in [5.41, 5.74) is -0.0215. The largest absolute Gasteiger partial charge is 0.290 e. The van der Waals surface area contributed by atoms with Crippen LogP contribution in [0.15, 0.2) is 15.9 Å². The SMILES string of the molecule is O=c1[nH]nncc1C1=C(S(=O)(=O)O)CCC1. The smallest absolute Gasteiger partial charge is 0.282 e. The first-order valence-electron chi connectivity index (χ1n) is 4.60. The number of aromatic nitrogens is 3. The first-order valence-corrected chi connectivity index (χ1v) is 6.04. The maximum Gasteiger partial charge on any atom is 0.290 e. The van der Waals surface area contributed by atoms with E-state index >= 15 is 0 Å². The summed E-state index contributed by atoms with van der Waals surface area (Å²) in [6, 6.07) is 0. The van der Waals surface area contributed by atoms with Crippen LogP contribution >= 0.6 is 0 Å². The van der Waals surface area contributed by atoms with Crippen molar-refractivity contribution in [2.24, 2.45) is 0 Å². The van der Waals surface area contributed by atoms with E-state index in [-0.39, 0.29) is 16.9 Å². The lowest BCUT2D eigenvalue weighted by atomic mass is 10.1. The van der Waals surface area contributed by atoms with Crippen LogP contribution in [0.2, 0.25) is 0 Å². The fourth-order valence-electron chi connectivity index (χ4n) is 1.78. The van der Waals surface area contributed by atoms with Crippen LogP contribution < -0.4 is 5.56 Å². The molecule has 1 aromatic heterocycles. The van der Waals surface area contributed by atoms with E-state index in [2.05, 4.69) is 15.4 Å². The average Bonchev–Trinajstić information content (AvgIpc) is 2.66. The van der Waals surface area contributed by atoms with Crippen molar-refractivity contribution in [2.45, 2.75) is 19.3 Å². The third-order valence-corrected chi connectivity index (χ3v) is 3.52. The molecule has 0 bridgehead atoms. The van der Waals surface area contributed by atoms with Gasteiger partial charge in [0.1, 0.15) is 0 Å². The lowest BCUT2D eigenvalue weighted by molar-refractivity contribution is 0.490. The van der Waals surface area contributed by atoms with E-state index in [9.17, 15) is 13.2 Å². The van der Waals surface area contributed by atoms with Crippen molar-refractivity contribution < 1.29 is 13.0 Å². The molecular weight excluding hydrogens is 234 g/mol. The molecule has 0 atom stereocenters. The minimum atomic E-state index is -4.24. The maximum absolute atomic E-state index is 11.4. The fraction of sp³-hybridized carbons (Fsp3) is 0.375. The lowest BCUT2D eigenvalue weighted by Crippen LogP contribution is -2.15. The number of aromatic amines is 1. The van der Waals surface area contributed by atoms with Gasteiger partial charge in [0.15, 0.2) is 0 Å². The van der Waals surface area contributed by atoms with Crippen molar-refractivity contribution in [1.29, 1.82) is 0 Å². The number of rotatable bonds is 2. The normalized spacial score (nSPS) is 16.8. The first kappa shape index (κ1) is 11.0. The average molecular weight is 243 g/mol. The highest BCUT2D eigenvalue weighted by atomic mass is 32.2. The molecule has 0 unspecified atom stereocenters. The van der Waals surface area contributed by atoms with Crippen molar-refractivity contribution in [3.8, 4) is 0 Å². The van der Waals surface area contributed by atoms with Crippen molar-refractivity contribution in [3.05, 3.63) is 27.0 Å². The maximum atomic E-state index is 11.4. The molecule has 16 heavy (non-hydrogen) atoms. The predicted molar refractivity (Wildman–Crippen MR) is 55.0 cm³/mol. The van der Waals surface area contributed by atoms with E-state index in [0.717, 1.165) is 0 Å². The van der Waals surface area contributed by atoms with Gasteiger partial charge in [-0.15, -0.1) is 5.10 Å². The Morgan fingerprint density at radius 1 is 1.38 bits per heavy atom. The highest BCUT2D eigenvalue weighted by molar-refractivity contribution is 7.90. The van der Waals surface area contributed by atoms with Crippen molar-refractivity contribution >= 4 is 15.7 Å². The highest BCUT2D eigenvalue weighted by Crippen LogP contribution is 2.34. The second-order valence-electron chi connectivity index (χ2n) is 3.43. The molecule has 0 aromatic carbocycles. The van der Waals surface area contributed by atoms with Crippen LogP contribution in [0.1, 0.15) is 24.8 Å². The van der Waals surface area contributed by atoms with Gasteiger partial charge in [-0.1, -0.05) is 5.21 Å². The second kappa shape index (κ2) is 3.80. The van der Waals surface area contributed by atoms with Crippen LogP contribution in [-0.4, -0.2) is 28.4 Å². The number of hydrogen-bond acceptors (Lipinski definition) is 5. The molecule has 1 aliphatic rings. The summed E-state index contributed by atoms with van der Waals surface area (Å²) >= 11 is 0. The van der Waals surface area contributed by atoms with Crippen molar-refractivity contribution in [2.75, 3.05) is 0 Å². The van der Waals surface area contributed by atoms with E-state index in [1.807, 2.05) is 0 Å². The predicted octanol–water partition coefficient (Wildman–Crippen LogP) is -0.0523. The molecule has 2 N–H and O–H groups in total. The summed E-state index contributed by atoms with van der Waals surface area (Å²) in [5, 5.41) is 8.89. The van der Waals surface area contributed by atoms with Crippen LogP contribution in [0.25, 0.3) is 5.57 Å². The Kier molecular flexibility index (Phi) is 2.60. The summed E-state index contributed by atoms with van der Waals surface area (Å²) in [6.45, 7) is 0. The van der Waals surface area contributed by atoms with Gasteiger partial charge in [0.05, 0.1) is 16.7 Å². The standard InChI is InChI=1S/C8H9N3O4S/c12-8-6(4-9-11-10-8)5-2-1-3-7(5)16(13,14)15/h4H,1-3H2,(H,9,10,12)(H,13,14,15). The van der Waals surface area contributed by atoms with Gasteiger partial charge in [-0.25, -0.2) is 5.10 Å². The molecule has 0 amide bonds. The second-order valence-corrected chi connectivity index (χ2v) is 4.87. The fourth-order valence-corrected chi connectivity index (χ4v) is 2.71. The van der Waals surface area contributed by atoms with Gasteiger partial charge in [0, 0.05) is 0 Å². The van der Waals surface area contributed by atoms with Gasteiger partial charge in [0.2, 0.25) is 0 Å². The van der Waals surface area contributed by atoms with E-state index in [0.29, 0.717) is 18.4 Å². The zero-order chi connectivity index (χ0) is 11.8. The highest BCUT2D eigenvalue weighted by Gasteiger charge is 2.26. The molecule has 0 saturated heterocycles. The van der Waals surface area contributed by atoms with Crippen molar-refractivity contribution in [1.82, 2.24) is 15.4 Å². The quantitative estimate of drug-likeness (QED) is 0.704. The van der Waals surface area contributed by atoms with Crippen LogP contribution in [0.3, 0.4) is 0 Å². The number of nitrogens with one attached hydrogen (secondary N) is 1. The van der Waals surface area contributed by atoms with Crippen molar-refractivity contribution in [3.63, 3.8) is 0 Å². The number of hydrogen-bond donors (Lipinski definition) is 2. The summed E-state index contributed by atoms with van der Waals surface area (Å²) in [6.07, 6.45) is 2.47. The molecule has 7 nitrogen and oxygen atoms in total. The topological polar surface area (TPSA) is 113 Å².